The van der Waals surface area contributed by atoms with Crippen LogP contribution in [0.4, 0.5) is 0 Å². The minimum atomic E-state index is 0.0477. The summed E-state index contributed by atoms with van der Waals surface area (Å²) in [5.74, 6) is 2.46. The lowest BCUT2D eigenvalue weighted by Crippen LogP contribution is -2.31. The van der Waals surface area contributed by atoms with Gasteiger partial charge in [0.15, 0.2) is 16.7 Å². The second kappa shape index (κ2) is 10.8. The minimum absolute atomic E-state index is 0.0477. The molecule has 1 aromatic heterocycles. The van der Waals surface area contributed by atoms with E-state index in [4.69, 9.17) is 14.2 Å². The summed E-state index contributed by atoms with van der Waals surface area (Å²) in [6, 6.07) is 13.4. The molecule has 164 valence electrons. The standard InChI is InChI=1S/C23H27N3O4S/c1-5-25(15-17-6-11-20(29-3)21(14-17)30-4)22(27)16-31-23-24-12-13-26(23)18-7-9-19(28-2)10-8-18/h6-14H,5,15-16H2,1-4H3. The van der Waals surface area contributed by atoms with Crippen LogP contribution in [-0.4, -0.2) is 54.0 Å². The molecule has 0 N–H and O–H groups in total. The molecule has 0 saturated heterocycles. The predicted octanol–water partition coefficient (Wildman–Crippen LogP) is 4.04. The number of benzene rings is 2. The lowest BCUT2D eigenvalue weighted by molar-refractivity contribution is -0.128. The first-order valence-corrected chi connectivity index (χ1v) is 10.9. The van der Waals surface area contributed by atoms with Crippen LogP contribution in [0.25, 0.3) is 5.69 Å². The van der Waals surface area contributed by atoms with Crippen LogP contribution in [0.15, 0.2) is 60.0 Å². The smallest absolute Gasteiger partial charge is 0.233 e. The summed E-state index contributed by atoms with van der Waals surface area (Å²) < 4.78 is 17.8. The van der Waals surface area contributed by atoms with Gasteiger partial charge in [-0.1, -0.05) is 17.8 Å². The van der Waals surface area contributed by atoms with Gasteiger partial charge >= 0.3 is 0 Å². The molecule has 1 amide bonds. The Bertz CT molecular complexity index is 1000. The fraction of sp³-hybridized carbons (Fsp3) is 0.304. The molecule has 3 rings (SSSR count). The van der Waals surface area contributed by atoms with Crippen LogP contribution < -0.4 is 14.2 Å². The average Bonchev–Trinajstić information content (AvgIpc) is 3.29. The Morgan fingerprint density at radius 2 is 1.77 bits per heavy atom. The SMILES string of the molecule is CCN(Cc1ccc(OC)c(OC)c1)C(=O)CSc1nccn1-c1ccc(OC)cc1. The van der Waals surface area contributed by atoms with Crippen molar-refractivity contribution in [1.82, 2.24) is 14.5 Å². The van der Waals surface area contributed by atoms with Crippen LogP contribution in [0.2, 0.25) is 0 Å². The van der Waals surface area contributed by atoms with E-state index in [0.717, 1.165) is 22.2 Å². The quantitative estimate of drug-likeness (QED) is 0.443. The molecular weight excluding hydrogens is 414 g/mol. The van der Waals surface area contributed by atoms with Gasteiger partial charge in [-0.2, -0.15) is 0 Å². The molecule has 0 aliphatic carbocycles. The van der Waals surface area contributed by atoms with E-state index >= 15 is 0 Å². The fourth-order valence-electron chi connectivity index (χ4n) is 3.13. The van der Waals surface area contributed by atoms with Gasteiger partial charge in [0.1, 0.15) is 5.75 Å². The lowest BCUT2D eigenvalue weighted by Gasteiger charge is -2.21. The molecule has 0 bridgehead atoms. The third-order valence-electron chi connectivity index (χ3n) is 4.84. The maximum Gasteiger partial charge on any atom is 0.233 e. The second-order valence-corrected chi connectivity index (χ2v) is 7.61. The Morgan fingerprint density at radius 1 is 1.03 bits per heavy atom. The second-order valence-electron chi connectivity index (χ2n) is 6.66. The molecule has 8 heteroatoms. The summed E-state index contributed by atoms with van der Waals surface area (Å²) in [4.78, 5) is 19.1. The Balaban J connectivity index is 1.65. The first kappa shape index (κ1) is 22.6. The first-order valence-electron chi connectivity index (χ1n) is 9.88. The molecule has 1 heterocycles. The van der Waals surface area contributed by atoms with Crippen molar-refractivity contribution in [3.8, 4) is 22.9 Å². The van der Waals surface area contributed by atoms with Crippen molar-refractivity contribution in [2.45, 2.75) is 18.6 Å². The molecule has 0 fully saturated rings. The molecule has 0 spiro atoms. The molecule has 0 aliphatic rings. The number of nitrogens with zero attached hydrogens (tertiary/aromatic N) is 3. The molecule has 0 atom stereocenters. The van der Waals surface area contributed by atoms with Crippen molar-refractivity contribution in [2.75, 3.05) is 33.6 Å². The van der Waals surface area contributed by atoms with Gasteiger partial charge in [0.2, 0.25) is 5.91 Å². The lowest BCUT2D eigenvalue weighted by atomic mass is 10.2. The van der Waals surface area contributed by atoms with Crippen molar-refractivity contribution < 1.29 is 19.0 Å². The maximum absolute atomic E-state index is 12.9. The zero-order chi connectivity index (χ0) is 22.2. The van der Waals surface area contributed by atoms with Gasteiger partial charge in [-0.3, -0.25) is 9.36 Å². The Kier molecular flexibility index (Phi) is 7.83. The van der Waals surface area contributed by atoms with E-state index < -0.39 is 0 Å². The Hall–Kier alpha value is -3.13. The van der Waals surface area contributed by atoms with Gasteiger partial charge in [-0.25, -0.2) is 4.98 Å². The number of carbonyl (C=O) groups is 1. The summed E-state index contributed by atoms with van der Waals surface area (Å²) in [6.45, 7) is 3.09. The molecule has 0 saturated carbocycles. The van der Waals surface area contributed by atoms with Crippen LogP contribution in [0, 0.1) is 0 Å². The maximum atomic E-state index is 12.9. The highest BCUT2D eigenvalue weighted by atomic mass is 32.2. The summed E-state index contributed by atoms with van der Waals surface area (Å²) in [6.07, 6.45) is 3.62. The van der Waals surface area contributed by atoms with Crippen molar-refractivity contribution in [3.05, 3.63) is 60.4 Å². The van der Waals surface area contributed by atoms with Crippen molar-refractivity contribution in [1.29, 1.82) is 0 Å². The zero-order valence-corrected chi connectivity index (χ0v) is 19.0. The largest absolute Gasteiger partial charge is 0.497 e. The molecular formula is C23H27N3O4S. The molecule has 0 unspecified atom stereocenters. The third-order valence-corrected chi connectivity index (χ3v) is 5.79. The highest BCUT2D eigenvalue weighted by Crippen LogP contribution is 2.28. The van der Waals surface area contributed by atoms with E-state index in [-0.39, 0.29) is 5.91 Å². The predicted molar refractivity (Wildman–Crippen MR) is 121 cm³/mol. The molecule has 7 nitrogen and oxygen atoms in total. The van der Waals surface area contributed by atoms with E-state index in [1.165, 1.54) is 11.8 Å². The summed E-state index contributed by atoms with van der Waals surface area (Å²) in [7, 11) is 4.85. The van der Waals surface area contributed by atoms with E-state index in [1.54, 1.807) is 27.5 Å². The van der Waals surface area contributed by atoms with Crippen LogP contribution in [0.3, 0.4) is 0 Å². The van der Waals surface area contributed by atoms with E-state index in [0.29, 0.717) is 30.3 Å². The molecule has 0 radical (unpaired) electrons. The van der Waals surface area contributed by atoms with Crippen LogP contribution in [0.1, 0.15) is 12.5 Å². The van der Waals surface area contributed by atoms with E-state index in [1.807, 2.05) is 65.1 Å². The number of methoxy groups -OCH3 is 3. The van der Waals surface area contributed by atoms with Gasteiger partial charge < -0.3 is 19.1 Å². The topological polar surface area (TPSA) is 65.8 Å². The van der Waals surface area contributed by atoms with Crippen LogP contribution in [-0.2, 0) is 11.3 Å². The summed E-state index contributed by atoms with van der Waals surface area (Å²) in [5.41, 5.74) is 1.95. The van der Waals surface area contributed by atoms with Gasteiger partial charge in [-0.05, 0) is 48.9 Å². The number of thioether (sulfide) groups is 1. The van der Waals surface area contributed by atoms with Gasteiger partial charge in [0.25, 0.3) is 0 Å². The summed E-state index contributed by atoms with van der Waals surface area (Å²) in [5, 5.41) is 0.765. The molecule has 3 aromatic rings. The van der Waals surface area contributed by atoms with Crippen LogP contribution >= 0.6 is 11.8 Å². The number of hydrogen-bond donors (Lipinski definition) is 0. The number of amides is 1. The van der Waals surface area contributed by atoms with Gasteiger partial charge in [0, 0.05) is 31.2 Å². The first-order chi connectivity index (χ1) is 15.1. The zero-order valence-electron chi connectivity index (χ0n) is 18.2. The monoisotopic (exact) mass is 441 g/mol. The highest BCUT2D eigenvalue weighted by molar-refractivity contribution is 7.99. The number of ether oxygens (including phenoxy) is 3. The average molecular weight is 442 g/mol. The normalized spacial score (nSPS) is 10.6. The van der Waals surface area contributed by atoms with Crippen LogP contribution in [0.5, 0.6) is 17.2 Å². The number of imidazole rings is 1. The number of hydrogen-bond acceptors (Lipinski definition) is 6. The van der Waals surface area contributed by atoms with E-state index in [9.17, 15) is 4.79 Å². The Labute approximate surface area is 186 Å². The van der Waals surface area contributed by atoms with Crippen molar-refractivity contribution in [2.24, 2.45) is 0 Å². The Morgan fingerprint density at radius 3 is 2.42 bits per heavy atom. The summed E-state index contributed by atoms with van der Waals surface area (Å²) >= 11 is 1.42. The number of rotatable bonds is 10. The van der Waals surface area contributed by atoms with Gasteiger partial charge in [-0.15, -0.1) is 0 Å². The van der Waals surface area contributed by atoms with Crippen molar-refractivity contribution in [3.63, 3.8) is 0 Å². The number of aromatic nitrogens is 2. The van der Waals surface area contributed by atoms with Crippen molar-refractivity contribution >= 4 is 17.7 Å². The highest BCUT2D eigenvalue weighted by Gasteiger charge is 2.16. The number of carbonyl (C=O) groups excluding carboxylic acids is 1. The molecule has 0 aliphatic heterocycles. The fourth-order valence-corrected chi connectivity index (χ4v) is 4.01. The third kappa shape index (κ3) is 5.52. The van der Waals surface area contributed by atoms with E-state index in [2.05, 4.69) is 4.98 Å². The molecule has 31 heavy (non-hydrogen) atoms. The van der Waals surface area contributed by atoms with Gasteiger partial charge in [0.05, 0.1) is 27.1 Å². The molecule has 2 aromatic carbocycles. The minimum Gasteiger partial charge on any atom is -0.497 e.